The van der Waals surface area contributed by atoms with E-state index in [4.69, 9.17) is 0 Å². The summed E-state index contributed by atoms with van der Waals surface area (Å²) in [6.45, 7) is 1.82. The first-order valence-corrected chi connectivity index (χ1v) is 5.72. The van der Waals surface area contributed by atoms with Crippen molar-refractivity contribution in [1.29, 1.82) is 0 Å². The maximum atomic E-state index is 13.6. The van der Waals surface area contributed by atoms with Crippen molar-refractivity contribution in [2.45, 2.75) is 13.0 Å². The van der Waals surface area contributed by atoms with Crippen LogP contribution in [0.4, 0.5) is 8.78 Å². The van der Waals surface area contributed by atoms with E-state index in [-0.39, 0.29) is 11.6 Å². The molecule has 19 heavy (non-hydrogen) atoms. The van der Waals surface area contributed by atoms with Crippen LogP contribution in [-0.2, 0) is 4.79 Å². The third-order valence-corrected chi connectivity index (χ3v) is 2.87. The lowest BCUT2D eigenvalue weighted by Crippen LogP contribution is -2.15. The number of amides is 1. The molecule has 1 aromatic carbocycles. The van der Waals surface area contributed by atoms with E-state index in [2.05, 4.69) is 10.3 Å². The lowest BCUT2D eigenvalue weighted by Gasteiger charge is -2.11. The van der Waals surface area contributed by atoms with Crippen molar-refractivity contribution in [3.63, 3.8) is 0 Å². The van der Waals surface area contributed by atoms with Crippen LogP contribution in [-0.4, -0.2) is 11.4 Å². The van der Waals surface area contributed by atoms with Gasteiger partial charge in [0.25, 0.3) is 0 Å². The number of hydrogen-bond donors (Lipinski definition) is 1. The average Bonchev–Trinajstić information content (AvgIpc) is 2.39. The molecule has 1 unspecified atom stereocenters. The fraction of sp³-hybridized carbons (Fsp3) is 0.143. The third kappa shape index (κ3) is 2.76. The first-order valence-electron chi connectivity index (χ1n) is 5.72. The minimum atomic E-state index is -0.702. The van der Waals surface area contributed by atoms with Crippen molar-refractivity contribution in [2.75, 3.05) is 0 Å². The van der Waals surface area contributed by atoms with E-state index in [1.807, 2.05) is 6.92 Å². The fourth-order valence-corrected chi connectivity index (χ4v) is 1.82. The van der Waals surface area contributed by atoms with Crippen molar-refractivity contribution in [2.24, 2.45) is 0 Å². The molecule has 1 aromatic heterocycles. The number of nitrogens with zero attached hydrogens (tertiary/aromatic N) is 1. The van der Waals surface area contributed by atoms with E-state index in [0.717, 1.165) is 18.0 Å². The number of halogens is 2. The zero-order valence-electron chi connectivity index (χ0n) is 10.2. The van der Waals surface area contributed by atoms with Gasteiger partial charge in [-0.25, -0.2) is 8.78 Å². The maximum Gasteiger partial charge on any atom is 0.207 e. The zero-order valence-corrected chi connectivity index (χ0v) is 10.2. The first-order chi connectivity index (χ1) is 9.13. The number of carbonyl (C=O) groups is 1. The van der Waals surface area contributed by atoms with Crippen molar-refractivity contribution in [3.8, 4) is 11.1 Å². The Morgan fingerprint density at radius 3 is 2.26 bits per heavy atom. The summed E-state index contributed by atoms with van der Waals surface area (Å²) in [7, 11) is 0. The summed E-state index contributed by atoms with van der Waals surface area (Å²) in [6, 6.07) is 6.50. The van der Waals surface area contributed by atoms with E-state index < -0.39 is 11.6 Å². The maximum absolute atomic E-state index is 13.6. The zero-order chi connectivity index (χ0) is 13.8. The molecule has 98 valence electrons. The highest BCUT2D eigenvalue weighted by atomic mass is 19.1. The predicted molar refractivity (Wildman–Crippen MR) is 67.2 cm³/mol. The number of aromatic nitrogens is 1. The van der Waals surface area contributed by atoms with Gasteiger partial charge in [0.2, 0.25) is 6.41 Å². The highest BCUT2D eigenvalue weighted by Crippen LogP contribution is 2.26. The molecule has 1 N–H and O–H groups in total. The molecular weight excluding hydrogens is 250 g/mol. The first kappa shape index (κ1) is 13.1. The summed E-state index contributed by atoms with van der Waals surface area (Å²) in [5.74, 6) is -1.40. The van der Waals surface area contributed by atoms with E-state index in [1.165, 1.54) is 0 Å². The van der Waals surface area contributed by atoms with Crippen LogP contribution < -0.4 is 5.32 Å². The number of nitrogens with one attached hydrogen (secondary N) is 1. The molecule has 0 spiro atoms. The molecule has 0 radical (unpaired) electrons. The second-order valence-corrected chi connectivity index (χ2v) is 4.11. The Hall–Kier alpha value is -2.30. The highest BCUT2D eigenvalue weighted by molar-refractivity contribution is 5.64. The van der Waals surface area contributed by atoms with E-state index in [9.17, 15) is 13.6 Å². The largest absolute Gasteiger partial charge is 0.352 e. The van der Waals surface area contributed by atoms with Gasteiger partial charge < -0.3 is 5.32 Å². The van der Waals surface area contributed by atoms with Crippen LogP contribution in [0.15, 0.2) is 36.7 Å². The molecule has 0 bridgehead atoms. The van der Waals surface area contributed by atoms with E-state index >= 15 is 0 Å². The monoisotopic (exact) mass is 262 g/mol. The van der Waals surface area contributed by atoms with Crippen molar-refractivity contribution < 1.29 is 13.6 Å². The van der Waals surface area contributed by atoms with Crippen LogP contribution in [0.1, 0.15) is 18.5 Å². The van der Waals surface area contributed by atoms with Gasteiger partial charge in [-0.15, -0.1) is 0 Å². The van der Waals surface area contributed by atoms with Gasteiger partial charge in [0.15, 0.2) is 11.6 Å². The Morgan fingerprint density at radius 1 is 1.16 bits per heavy atom. The summed E-state index contributed by atoms with van der Waals surface area (Å²) in [5, 5.41) is 2.61. The SMILES string of the molecule is CC(NC=O)c1ccc(-c2c(F)cncc2F)cc1. The van der Waals surface area contributed by atoms with Gasteiger partial charge >= 0.3 is 0 Å². The quantitative estimate of drug-likeness (QED) is 0.861. The molecule has 0 aliphatic heterocycles. The lowest BCUT2D eigenvalue weighted by atomic mass is 10.0. The van der Waals surface area contributed by atoms with Crippen molar-refractivity contribution in [1.82, 2.24) is 10.3 Å². The molecule has 1 atom stereocenters. The topological polar surface area (TPSA) is 42.0 Å². The molecule has 3 nitrogen and oxygen atoms in total. The number of pyridine rings is 1. The molecule has 2 aromatic rings. The number of carbonyl (C=O) groups excluding carboxylic acids is 1. The van der Waals surface area contributed by atoms with Crippen LogP contribution in [0.3, 0.4) is 0 Å². The van der Waals surface area contributed by atoms with Gasteiger partial charge in [-0.05, 0) is 18.1 Å². The van der Waals surface area contributed by atoms with E-state index in [1.54, 1.807) is 24.3 Å². The molecule has 0 aliphatic rings. The molecule has 1 heterocycles. The Bertz CT molecular complexity index is 564. The number of rotatable bonds is 4. The average molecular weight is 262 g/mol. The fourth-order valence-electron chi connectivity index (χ4n) is 1.82. The Kier molecular flexibility index (Phi) is 3.85. The molecule has 0 aliphatic carbocycles. The van der Waals surface area contributed by atoms with Gasteiger partial charge in [0.1, 0.15) is 0 Å². The standard InChI is InChI=1S/C14H12F2N2O/c1-9(18-8-19)10-2-4-11(5-3-10)14-12(15)6-17-7-13(14)16/h2-9H,1H3,(H,18,19). The van der Waals surface area contributed by atoms with Crippen LogP contribution in [0.2, 0.25) is 0 Å². The molecule has 0 saturated heterocycles. The van der Waals surface area contributed by atoms with Crippen LogP contribution >= 0.6 is 0 Å². The molecular formula is C14H12F2N2O. The Morgan fingerprint density at radius 2 is 1.74 bits per heavy atom. The number of hydrogen-bond acceptors (Lipinski definition) is 2. The molecule has 0 fully saturated rings. The van der Waals surface area contributed by atoms with Gasteiger partial charge in [0.05, 0.1) is 24.0 Å². The summed E-state index contributed by atoms with van der Waals surface area (Å²) in [6.07, 6.45) is 2.56. The van der Waals surface area contributed by atoms with Crippen LogP contribution in [0.5, 0.6) is 0 Å². The molecule has 2 rings (SSSR count). The summed E-state index contributed by atoms with van der Waals surface area (Å²) < 4.78 is 27.1. The van der Waals surface area contributed by atoms with Gasteiger partial charge in [-0.2, -0.15) is 0 Å². The minimum absolute atomic E-state index is 0.0995. The lowest BCUT2D eigenvalue weighted by molar-refractivity contribution is -0.110. The smallest absolute Gasteiger partial charge is 0.207 e. The molecule has 0 saturated carbocycles. The predicted octanol–water partition coefficient (Wildman–Crippen LogP) is 2.83. The summed E-state index contributed by atoms with van der Waals surface area (Å²) in [4.78, 5) is 13.8. The van der Waals surface area contributed by atoms with Gasteiger partial charge in [-0.1, -0.05) is 24.3 Å². The molecule has 1 amide bonds. The van der Waals surface area contributed by atoms with E-state index in [0.29, 0.717) is 12.0 Å². The summed E-state index contributed by atoms with van der Waals surface area (Å²) >= 11 is 0. The second-order valence-electron chi connectivity index (χ2n) is 4.11. The van der Waals surface area contributed by atoms with Gasteiger partial charge in [-0.3, -0.25) is 9.78 Å². The van der Waals surface area contributed by atoms with Crippen LogP contribution in [0.25, 0.3) is 11.1 Å². The highest BCUT2D eigenvalue weighted by Gasteiger charge is 2.12. The minimum Gasteiger partial charge on any atom is -0.352 e. The van der Waals surface area contributed by atoms with Crippen LogP contribution in [0, 0.1) is 11.6 Å². The van der Waals surface area contributed by atoms with Crippen molar-refractivity contribution >= 4 is 6.41 Å². The van der Waals surface area contributed by atoms with Crippen molar-refractivity contribution in [3.05, 3.63) is 53.9 Å². The van der Waals surface area contributed by atoms with Gasteiger partial charge in [0, 0.05) is 0 Å². The third-order valence-electron chi connectivity index (χ3n) is 2.87. The second kappa shape index (κ2) is 5.56. The Balaban J connectivity index is 2.35. The summed E-state index contributed by atoms with van der Waals surface area (Å²) in [5.41, 5.74) is 1.18. The molecule has 5 heteroatoms. The normalized spacial score (nSPS) is 11.9. The Labute approximate surface area is 109 Å². The number of benzene rings is 1.